The van der Waals surface area contributed by atoms with E-state index in [-0.39, 0.29) is 12.4 Å². The third kappa shape index (κ3) is 6.54. The summed E-state index contributed by atoms with van der Waals surface area (Å²) in [6.45, 7) is 0.281. The van der Waals surface area contributed by atoms with Crippen molar-refractivity contribution in [1.29, 1.82) is 0 Å². The Bertz CT molecular complexity index is 1200. The van der Waals surface area contributed by atoms with Crippen molar-refractivity contribution < 1.29 is 23.1 Å². The van der Waals surface area contributed by atoms with Crippen LogP contribution < -0.4 is 14.9 Å². The Morgan fingerprint density at radius 1 is 0.879 bits per heavy atom. The van der Waals surface area contributed by atoms with Crippen molar-refractivity contribution in [3.63, 3.8) is 0 Å². The predicted octanol–water partition coefficient (Wildman–Crippen LogP) is 5.19. The van der Waals surface area contributed by atoms with E-state index in [2.05, 4.69) is 10.5 Å². The minimum absolute atomic E-state index is 0.194. The van der Waals surface area contributed by atoms with Crippen LogP contribution in [0.25, 0.3) is 11.3 Å². The lowest BCUT2D eigenvalue weighted by Crippen LogP contribution is -2.24. The van der Waals surface area contributed by atoms with E-state index in [1.54, 1.807) is 48.5 Å². The van der Waals surface area contributed by atoms with Crippen LogP contribution in [0.5, 0.6) is 11.5 Å². The van der Waals surface area contributed by atoms with Gasteiger partial charge >= 0.3 is 0 Å². The standard InChI is InChI=1S/C26H21FN2O4/c27-21-8-6-20(7-9-21)25-15-14-24(33-25)16-28-29-26(30)18-32-23-12-10-22(11-13-23)31-17-19-4-2-1-3-5-19/h1-16H,17-18H2,(H,29,30). The van der Waals surface area contributed by atoms with Crippen molar-refractivity contribution >= 4 is 12.1 Å². The molecule has 6 nitrogen and oxygen atoms in total. The van der Waals surface area contributed by atoms with Crippen LogP contribution in [0.1, 0.15) is 11.3 Å². The molecule has 33 heavy (non-hydrogen) atoms. The predicted molar refractivity (Wildman–Crippen MR) is 123 cm³/mol. The number of nitrogens with zero attached hydrogens (tertiary/aromatic N) is 1. The van der Waals surface area contributed by atoms with E-state index in [0.717, 1.165) is 11.1 Å². The average Bonchev–Trinajstić information content (AvgIpc) is 3.32. The van der Waals surface area contributed by atoms with Gasteiger partial charge in [0.05, 0.1) is 6.21 Å². The first-order valence-corrected chi connectivity index (χ1v) is 10.2. The molecule has 0 aliphatic carbocycles. The highest BCUT2D eigenvalue weighted by molar-refractivity contribution is 5.81. The van der Waals surface area contributed by atoms with Gasteiger partial charge in [0, 0.05) is 5.56 Å². The molecule has 0 spiro atoms. The minimum atomic E-state index is -0.416. The van der Waals surface area contributed by atoms with E-state index in [4.69, 9.17) is 13.9 Å². The molecule has 4 aromatic rings. The lowest BCUT2D eigenvalue weighted by Gasteiger charge is -2.08. The Balaban J connectivity index is 1.20. The van der Waals surface area contributed by atoms with Crippen LogP contribution in [0, 0.1) is 5.82 Å². The maximum atomic E-state index is 13.0. The number of rotatable bonds is 9. The smallest absolute Gasteiger partial charge is 0.277 e. The number of carbonyl (C=O) groups excluding carboxylic acids is 1. The molecular weight excluding hydrogens is 423 g/mol. The summed E-state index contributed by atoms with van der Waals surface area (Å²) >= 11 is 0. The van der Waals surface area contributed by atoms with E-state index in [1.165, 1.54) is 18.3 Å². The second-order valence-electron chi connectivity index (χ2n) is 7.04. The molecular formula is C26H21FN2O4. The van der Waals surface area contributed by atoms with Crippen LogP contribution in [0.3, 0.4) is 0 Å². The zero-order chi connectivity index (χ0) is 22.9. The minimum Gasteiger partial charge on any atom is -0.489 e. The molecule has 0 aliphatic heterocycles. The molecule has 1 amide bonds. The molecule has 7 heteroatoms. The van der Waals surface area contributed by atoms with Crippen LogP contribution in [-0.4, -0.2) is 18.7 Å². The number of ether oxygens (including phenoxy) is 2. The number of halogens is 1. The highest BCUT2D eigenvalue weighted by atomic mass is 19.1. The number of carbonyl (C=O) groups is 1. The summed E-state index contributed by atoms with van der Waals surface area (Å²) in [4.78, 5) is 12.0. The molecule has 4 rings (SSSR count). The molecule has 1 heterocycles. The third-order valence-electron chi connectivity index (χ3n) is 4.58. The zero-order valence-electron chi connectivity index (χ0n) is 17.6. The van der Waals surface area contributed by atoms with E-state index in [9.17, 15) is 9.18 Å². The van der Waals surface area contributed by atoms with Crippen LogP contribution in [-0.2, 0) is 11.4 Å². The number of furan rings is 1. The van der Waals surface area contributed by atoms with Gasteiger partial charge in [0.15, 0.2) is 6.61 Å². The number of hydrogen-bond acceptors (Lipinski definition) is 5. The van der Waals surface area contributed by atoms with Gasteiger partial charge < -0.3 is 13.9 Å². The summed E-state index contributed by atoms with van der Waals surface area (Å²) in [5.41, 5.74) is 4.20. The van der Waals surface area contributed by atoms with Gasteiger partial charge in [-0.05, 0) is 66.2 Å². The van der Waals surface area contributed by atoms with Gasteiger partial charge in [-0.2, -0.15) is 5.10 Å². The first kappa shape index (κ1) is 21.8. The molecule has 0 saturated carbocycles. The first-order valence-electron chi connectivity index (χ1n) is 10.2. The van der Waals surface area contributed by atoms with Gasteiger partial charge in [-0.25, -0.2) is 9.82 Å². The van der Waals surface area contributed by atoms with Gasteiger partial charge in [-0.15, -0.1) is 0 Å². The molecule has 0 bridgehead atoms. The summed E-state index contributed by atoms with van der Waals surface area (Å²) in [6.07, 6.45) is 1.38. The van der Waals surface area contributed by atoms with Crippen molar-refractivity contribution in [2.24, 2.45) is 5.10 Å². The van der Waals surface area contributed by atoms with Crippen LogP contribution in [0.4, 0.5) is 4.39 Å². The Hall–Kier alpha value is -4.39. The fraction of sp³-hybridized carbons (Fsp3) is 0.0769. The molecule has 1 aromatic heterocycles. The first-order chi connectivity index (χ1) is 16.2. The summed E-state index contributed by atoms with van der Waals surface area (Å²) in [7, 11) is 0. The molecule has 0 radical (unpaired) electrons. The van der Waals surface area contributed by atoms with Gasteiger partial charge in [0.2, 0.25) is 0 Å². The highest BCUT2D eigenvalue weighted by Gasteiger charge is 2.05. The Morgan fingerprint density at radius 3 is 2.30 bits per heavy atom. The second kappa shape index (κ2) is 10.8. The Kier molecular flexibility index (Phi) is 7.12. The fourth-order valence-corrected chi connectivity index (χ4v) is 2.91. The Labute approximate surface area is 190 Å². The summed E-state index contributed by atoms with van der Waals surface area (Å²) in [6, 6.07) is 26.3. The maximum absolute atomic E-state index is 13.0. The monoisotopic (exact) mass is 444 g/mol. The van der Waals surface area contributed by atoms with E-state index in [1.807, 2.05) is 30.3 Å². The van der Waals surface area contributed by atoms with Crippen LogP contribution >= 0.6 is 0 Å². The molecule has 1 N–H and O–H groups in total. The molecule has 0 aliphatic rings. The van der Waals surface area contributed by atoms with Crippen LogP contribution in [0.15, 0.2) is 101 Å². The summed E-state index contributed by atoms with van der Waals surface area (Å²) in [5.74, 6) is 1.53. The van der Waals surface area contributed by atoms with E-state index >= 15 is 0 Å². The van der Waals surface area contributed by atoms with Gasteiger partial charge in [-0.1, -0.05) is 30.3 Å². The van der Waals surface area contributed by atoms with Crippen molar-refractivity contribution in [2.45, 2.75) is 6.61 Å². The quantitative estimate of drug-likeness (QED) is 0.285. The molecule has 0 atom stereocenters. The van der Waals surface area contributed by atoms with Crippen LogP contribution in [0.2, 0.25) is 0 Å². The number of hydrogen-bond donors (Lipinski definition) is 1. The number of nitrogens with one attached hydrogen (secondary N) is 1. The fourth-order valence-electron chi connectivity index (χ4n) is 2.91. The second-order valence-corrected chi connectivity index (χ2v) is 7.04. The molecule has 3 aromatic carbocycles. The average molecular weight is 444 g/mol. The highest BCUT2D eigenvalue weighted by Crippen LogP contribution is 2.22. The SMILES string of the molecule is O=C(COc1ccc(OCc2ccccc2)cc1)NN=Cc1ccc(-c2ccc(F)cc2)o1. The molecule has 0 fully saturated rings. The summed E-state index contributed by atoms with van der Waals surface area (Å²) < 4.78 is 29.8. The number of amides is 1. The van der Waals surface area contributed by atoms with Gasteiger partial charge in [0.1, 0.15) is 35.4 Å². The summed E-state index contributed by atoms with van der Waals surface area (Å²) in [5, 5.41) is 3.86. The van der Waals surface area contributed by atoms with Crippen molar-refractivity contribution in [1.82, 2.24) is 5.43 Å². The Morgan fingerprint density at radius 2 is 1.58 bits per heavy atom. The van der Waals surface area contributed by atoms with Crippen molar-refractivity contribution in [3.05, 3.63) is 108 Å². The molecule has 166 valence electrons. The largest absolute Gasteiger partial charge is 0.489 e. The van der Waals surface area contributed by atoms with E-state index < -0.39 is 5.91 Å². The van der Waals surface area contributed by atoms with E-state index in [0.29, 0.717) is 29.6 Å². The topological polar surface area (TPSA) is 73.1 Å². The van der Waals surface area contributed by atoms with Crippen molar-refractivity contribution in [2.75, 3.05) is 6.61 Å². The lowest BCUT2D eigenvalue weighted by molar-refractivity contribution is -0.123. The van der Waals surface area contributed by atoms with Gasteiger partial charge in [-0.3, -0.25) is 4.79 Å². The third-order valence-corrected chi connectivity index (χ3v) is 4.58. The maximum Gasteiger partial charge on any atom is 0.277 e. The molecule has 0 saturated heterocycles. The normalized spacial score (nSPS) is 10.8. The van der Waals surface area contributed by atoms with Crippen molar-refractivity contribution in [3.8, 4) is 22.8 Å². The number of benzene rings is 3. The van der Waals surface area contributed by atoms with Gasteiger partial charge in [0.25, 0.3) is 5.91 Å². The molecule has 0 unspecified atom stereocenters. The zero-order valence-corrected chi connectivity index (χ0v) is 17.6. The number of hydrazone groups is 1. The lowest BCUT2D eigenvalue weighted by atomic mass is 10.2.